The Bertz CT molecular complexity index is 1130. The maximum absolute atomic E-state index is 14.0. The Hall–Kier alpha value is -3.37. The normalized spacial score (nSPS) is 15.0. The van der Waals surface area contributed by atoms with Gasteiger partial charge in [-0.3, -0.25) is 9.78 Å². The summed E-state index contributed by atoms with van der Waals surface area (Å²) in [4.78, 5) is 29.3. The summed E-state index contributed by atoms with van der Waals surface area (Å²) in [5.74, 6) is -1.80. The van der Waals surface area contributed by atoms with Gasteiger partial charge in [-0.2, -0.15) is 24.5 Å². The third kappa shape index (κ3) is 10.7. The second-order valence-electron chi connectivity index (χ2n) is 9.40. The SMILES string of the molecule is [CH2-][C@@H](C(=O)NC1(C#N)CC1)N(C(=O)OC(C)(C)C)[C@@H](c1ccc(F)cc1)C(F)(F)F.[CH2-]c1ccccn1.[O]=[Os]. The number of carbonyl (C=O) groups is 2. The fourth-order valence-corrected chi connectivity index (χ4v) is 3.11. The Balaban J connectivity index is 0.000000720. The summed E-state index contributed by atoms with van der Waals surface area (Å²) in [6.07, 6.45) is -4.05. The van der Waals surface area contributed by atoms with Gasteiger partial charge in [0.25, 0.3) is 0 Å². The van der Waals surface area contributed by atoms with E-state index in [1.807, 2.05) is 24.3 Å². The summed E-state index contributed by atoms with van der Waals surface area (Å²) in [7, 11) is 0. The van der Waals surface area contributed by atoms with Crippen LogP contribution in [0.2, 0.25) is 0 Å². The zero-order chi connectivity index (χ0) is 30.0. The van der Waals surface area contributed by atoms with Crippen molar-refractivity contribution >= 4 is 12.0 Å². The molecular formula is C26H28F4N4O4Os-2. The maximum atomic E-state index is 14.0. The molecule has 0 aliphatic heterocycles. The van der Waals surface area contributed by atoms with E-state index in [-0.39, 0.29) is 4.90 Å². The number of halogens is 4. The molecule has 1 aliphatic rings. The predicted octanol–water partition coefficient (Wildman–Crippen LogP) is 5.18. The monoisotopic (exact) mass is 728 g/mol. The fraction of sp³-hybridized carbons (Fsp3) is 0.385. The molecule has 0 spiro atoms. The van der Waals surface area contributed by atoms with Gasteiger partial charge in [-0.15, -0.1) is 11.8 Å². The molecule has 1 saturated carbocycles. The summed E-state index contributed by atoms with van der Waals surface area (Å²) in [5.41, 5.74) is -1.98. The van der Waals surface area contributed by atoms with Crippen molar-refractivity contribution < 1.29 is 54.0 Å². The number of nitriles is 1. The molecule has 2 aromatic rings. The summed E-state index contributed by atoms with van der Waals surface area (Å²) in [5, 5.41) is 11.5. The number of alkyl halides is 3. The Labute approximate surface area is 234 Å². The van der Waals surface area contributed by atoms with Crippen molar-refractivity contribution in [1.29, 1.82) is 5.26 Å². The summed E-state index contributed by atoms with van der Waals surface area (Å²) < 4.78 is 68.7. The first-order chi connectivity index (χ1) is 18.1. The van der Waals surface area contributed by atoms with E-state index in [0.29, 0.717) is 31.4 Å². The number of nitrogens with one attached hydrogen (secondary N) is 1. The molecule has 214 valence electrons. The molecule has 8 nitrogen and oxygen atoms in total. The van der Waals surface area contributed by atoms with Crippen LogP contribution in [0, 0.1) is 31.0 Å². The van der Waals surface area contributed by atoms with Gasteiger partial charge >= 0.3 is 34.4 Å². The second kappa shape index (κ2) is 14.1. The van der Waals surface area contributed by atoms with E-state index in [1.54, 1.807) is 6.20 Å². The van der Waals surface area contributed by atoms with Crippen molar-refractivity contribution in [3.8, 4) is 6.07 Å². The third-order valence-corrected chi connectivity index (χ3v) is 5.07. The van der Waals surface area contributed by atoms with Gasteiger partial charge in [0.1, 0.15) is 17.0 Å². The van der Waals surface area contributed by atoms with Gasteiger partial charge in [-0.25, -0.2) is 16.1 Å². The van der Waals surface area contributed by atoms with Gasteiger partial charge in [0, 0.05) is 6.20 Å². The standard InChI is InChI=1S/C20H22F4N3O3.C6H6N.O.Os/c1-12(16(28)26-19(11-25)9-10-19)27(17(29)30-18(2,3)4)15(20(22,23)24)13-5-7-14(21)8-6-13;1-6-4-2-3-5-7-6;;/h5-8,12,15H,1,9-10H2,2-4H3,(H,26,28);2-5H,1H2;;/q2*-1;;/t12-,15-;;;/m0.../s1. The summed E-state index contributed by atoms with van der Waals surface area (Å²) >= 11 is 0.611. The second-order valence-corrected chi connectivity index (χ2v) is 9.40. The topological polar surface area (TPSA) is 112 Å². The molecule has 0 radical (unpaired) electrons. The van der Waals surface area contributed by atoms with Crippen molar-refractivity contribution in [3.05, 3.63) is 79.6 Å². The molecule has 1 N–H and O–H groups in total. The number of hydrogen-bond donors (Lipinski definition) is 1. The van der Waals surface area contributed by atoms with Gasteiger partial charge < -0.3 is 21.9 Å². The number of nitrogens with zero attached hydrogens (tertiary/aromatic N) is 3. The van der Waals surface area contributed by atoms with Crippen LogP contribution in [0.4, 0.5) is 22.4 Å². The minimum absolute atomic E-state index is 0.168. The van der Waals surface area contributed by atoms with E-state index >= 15 is 0 Å². The Kier molecular flexibility index (Phi) is 12.2. The van der Waals surface area contributed by atoms with Gasteiger partial charge in [0.15, 0.2) is 6.04 Å². The van der Waals surface area contributed by atoms with Crippen LogP contribution in [0.15, 0.2) is 48.7 Å². The van der Waals surface area contributed by atoms with E-state index in [0.717, 1.165) is 30.0 Å². The number of carbonyl (C=O) groups excluding carboxylic acids is 2. The molecule has 1 fully saturated rings. The van der Waals surface area contributed by atoms with Gasteiger partial charge in [0.2, 0.25) is 5.91 Å². The van der Waals surface area contributed by atoms with Crippen LogP contribution in [0.3, 0.4) is 0 Å². The number of rotatable bonds is 5. The van der Waals surface area contributed by atoms with Crippen LogP contribution in [-0.2, 0) is 31.6 Å². The quantitative estimate of drug-likeness (QED) is 0.336. The molecule has 1 heterocycles. The van der Waals surface area contributed by atoms with Crippen molar-refractivity contribution in [3.63, 3.8) is 0 Å². The van der Waals surface area contributed by atoms with Gasteiger partial charge in [0.05, 0.1) is 6.07 Å². The first-order valence-corrected chi connectivity index (χ1v) is 12.4. The number of pyridine rings is 1. The van der Waals surface area contributed by atoms with Crippen LogP contribution in [-0.4, -0.2) is 45.2 Å². The zero-order valence-corrected chi connectivity index (χ0v) is 24.0. The zero-order valence-electron chi connectivity index (χ0n) is 21.4. The van der Waals surface area contributed by atoms with Crippen LogP contribution >= 0.6 is 0 Å². The first-order valence-electron chi connectivity index (χ1n) is 11.4. The predicted molar refractivity (Wildman–Crippen MR) is 128 cm³/mol. The Morgan fingerprint density at radius 2 is 1.72 bits per heavy atom. The Morgan fingerprint density at radius 1 is 1.15 bits per heavy atom. The van der Waals surface area contributed by atoms with E-state index in [2.05, 4.69) is 24.1 Å². The molecule has 2 amide bonds. The molecule has 0 unspecified atom stereocenters. The summed E-state index contributed by atoms with van der Waals surface area (Å²) in [6.45, 7) is 11.4. The van der Waals surface area contributed by atoms with E-state index < -0.39 is 52.8 Å². The van der Waals surface area contributed by atoms with Crippen LogP contribution in [0.5, 0.6) is 0 Å². The first kappa shape index (κ1) is 33.7. The minimum atomic E-state index is -5.03. The number of aromatic nitrogens is 1. The average Bonchev–Trinajstić information content (AvgIpc) is 3.63. The fourth-order valence-electron chi connectivity index (χ4n) is 3.11. The van der Waals surface area contributed by atoms with Crippen molar-refractivity contribution in [2.24, 2.45) is 0 Å². The third-order valence-electron chi connectivity index (χ3n) is 5.07. The molecule has 39 heavy (non-hydrogen) atoms. The molecule has 1 aromatic heterocycles. The van der Waals surface area contributed by atoms with Gasteiger partial charge in [-0.1, -0.05) is 18.2 Å². The van der Waals surface area contributed by atoms with Crippen LogP contribution < -0.4 is 5.32 Å². The van der Waals surface area contributed by atoms with Crippen LogP contribution in [0.1, 0.15) is 50.9 Å². The van der Waals surface area contributed by atoms with Crippen molar-refractivity contribution in [1.82, 2.24) is 15.2 Å². The molecule has 0 saturated heterocycles. The molecule has 0 bridgehead atoms. The Morgan fingerprint density at radius 3 is 2.08 bits per heavy atom. The van der Waals surface area contributed by atoms with Crippen molar-refractivity contribution in [2.45, 2.75) is 63.0 Å². The molecule has 3 rings (SSSR count). The molecule has 1 aromatic carbocycles. The molecule has 1 aliphatic carbocycles. The van der Waals surface area contributed by atoms with Crippen LogP contribution in [0.25, 0.3) is 0 Å². The number of ether oxygens (including phenoxy) is 1. The van der Waals surface area contributed by atoms with E-state index in [1.165, 1.54) is 20.8 Å². The molecule has 2 atom stereocenters. The summed E-state index contributed by atoms with van der Waals surface area (Å²) in [6, 6.07) is 6.39. The molecular weight excluding hydrogens is 699 g/mol. The molecule has 13 heteroatoms. The number of benzene rings is 1. The van der Waals surface area contributed by atoms with Crippen molar-refractivity contribution in [2.75, 3.05) is 0 Å². The average molecular weight is 727 g/mol. The van der Waals surface area contributed by atoms with E-state index in [4.69, 9.17) is 13.5 Å². The number of hydrogen-bond acceptors (Lipinski definition) is 6. The van der Waals surface area contributed by atoms with E-state index in [9.17, 15) is 27.2 Å². The van der Waals surface area contributed by atoms with Gasteiger partial charge in [-0.05, 0) is 57.4 Å². The number of amides is 2.